The summed E-state index contributed by atoms with van der Waals surface area (Å²) in [7, 11) is 1.09. The van der Waals surface area contributed by atoms with E-state index < -0.39 is 17.9 Å². The minimum absolute atomic E-state index is 0.0315. The van der Waals surface area contributed by atoms with Gasteiger partial charge in [0.1, 0.15) is 11.4 Å². The molecule has 1 rings (SSSR count). The topological polar surface area (TPSA) is 106 Å². The third kappa shape index (κ3) is 3.14. The second-order valence-electron chi connectivity index (χ2n) is 3.62. The summed E-state index contributed by atoms with van der Waals surface area (Å²) in [6, 6.07) is 4.16. The van der Waals surface area contributed by atoms with E-state index >= 15 is 0 Å². The van der Waals surface area contributed by atoms with Gasteiger partial charge >= 0.3 is 5.97 Å². The summed E-state index contributed by atoms with van der Waals surface area (Å²) in [6.07, 6.45) is -1.51. The molecule has 0 fully saturated rings. The fourth-order valence-electron chi connectivity index (χ4n) is 1.45. The van der Waals surface area contributed by atoms with Crippen molar-refractivity contribution >= 4 is 12.3 Å². The van der Waals surface area contributed by atoms with E-state index in [9.17, 15) is 19.8 Å². The zero-order chi connectivity index (χ0) is 14.5. The number of ether oxygens (including phenoxy) is 2. The summed E-state index contributed by atoms with van der Waals surface area (Å²) < 4.78 is 9.38. The maximum atomic E-state index is 11.5. The highest BCUT2D eigenvalue weighted by Gasteiger charge is 2.45. The third-order valence-electron chi connectivity index (χ3n) is 2.45. The number of carbonyl (C=O) groups excluding carboxylic acids is 2. The Labute approximate surface area is 109 Å². The maximum Gasteiger partial charge on any atom is 0.341 e. The Bertz CT molecular complexity index is 463. The van der Waals surface area contributed by atoms with Crippen molar-refractivity contribution in [1.29, 1.82) is 0 Å². The number of esters is 1. The largest absolute Gasteiger partial charge is 0.464 e. The standard InChI is InChI=1S/C12H15NO6/c1-3-19-11(16)10(15)12(17,18-2)9-6-4-5-8(7-14)13-9/h4-7,10,15,17H,3H2,1-2H3. The Hall–Kier alpha value is -1.83. The second-order valence-corrected chi connectivity index (χ2v) is 3.62. The molecule has 104 valence electrons. The first-order chi connectivity index (χ1) is 8.99. The number of aromatic nitrogens is 1. The van der Waals surface area contributed by atoms with Crippen LogP contribution in [0.1, 0.15) is 23.1 Å². The lowest BCUT2D eigenvalue weighted by Gasteiger charge is -2.29. The van der Waals surface area contributed by atoms with Crippen LogP contribution in [0.3, 0.4) is 0 Å². The van der Waals surface area contributed by atoms with Crippen LogP contribution in [0, 0.1) is 0 Å². The molecule has 0 radical (unpaired) electrons. The molecule has 0 aliphatic heterocycles. The summed E-state index contributed by atoms with van der Waals surface area (Å²) in [5.74, 6) is -3.43. The highest BCUT2D eigenvalue weighted by atomic mass is 16.6. The highest BCUT2D eigenvalue weighted by molar-refractivity contribution is 5.76. The molecule has 0 bridgehead atoms. The van der Waals surface area contributed by atoms with Crippen LogP contribution < -0.4 is 0 Å². The van der Waals surface area contributed by atoms with Crippen molar-refractivity contribution < 1.29 is 29.3 Å². The Morgan fingerprint density at radius 2 is 2.26 bits per heavy atom. The van der Waals surface area contributed by atoms with Gasteiger partial charge in [-0.05, 0) is 19.1 Å². The summed E-state index contributed by atoms with van der Waals surface area (Å²) in [5, 5.41) is 20.0. The monoisotopic (exact) mass is 269 g/mol. The lowest BCUT2D eigenvalue weighted by Crippen LogP contribution is -2.47. The molecule has 2 unspecified atom stereocenters. The number of methoxy groups -OCH3 is 1. The molecule has 0 aliphatic carbocycles. The lowest BCUT2D eigenvalue weighted by atomic mass is 10.0. The lowest BCUT2D eigenvalue weighted by molar-refractivity contribution is -0.257. The number of carbonyl (C=O) groups is 2. The number of rotatable bonds is 6. The van der Waals surface area contributed by atoms with Crippen LogP contribution in [0.5, 0.6) is 0 Å². The van der Waals surface area contributed by atoms with E-state index in [0.717, 1.165) is 7.11 Å². The molecule has 1 heterocycles. The van der Waals surface area contributed by atoms with Gasteiger partial charge in [0.05, 0.1) is 6.61 Å². The molecule has 0 amide bonds. The normalized spacial score (nSPS) is 15.4. The van der Waals surface area contributed by atoms with Gasteiger partial charge in [-0.25, -0.2) is 9.78 Å². The molecule has 1 aromatic heterocycles. The summed E-state index contributed by atoms with van der Waals surface area (Å²) in [6.45, 7) is 1.60. The van der Waals surface area contributed by atoms with Crippen molar-refractivity contribution in [2.75, 3.05) is 13.7 Å². The second kappa shape index (κ2) is 6.37. The van der Waals surface area contributed by atoms with Crippen molar-refractivity contribution in [1.82, 2.24) is 4.98 Å². The first kappa shape index (κ1) is 15.2. The molecule has 7 heteroatoms. The van der Waals surface area contributed by atoms with Crippen LogP contribution in [0.2, 0.25) is 0 Å². The van der Waals surface area contributed by atoms with Crippen molar-refractivity contribution in [3.05, 3.63) is 29.6 Å². The summed E-state index contributed by atoms with van der Waals surface area (Å²) in [5.41, 5.74) is -0.135. The van der Waals surface area contributed by atoms with E-state index in [0.29, 0.717) is 6.29 Å². The molecule has 7 nitrogen and oxygen atoms in total. The van der Waals surface area contributed by atoms with Crippen LogP contribution >= 0.6 is 0 Å². The zero-order valence-corrected chi connectivity index (χ0v) is 10.6. The Morgan fingerprint density at radius 1 is 1.58 bits per heavy atom. The van der Waals surface area contributed by atoms with Crippen molar-refractivity contribution in [2.24, 2.45) is 0 Å². The van der Waals surface area contributed by atoms with Gasteiger partial charge in [-0.15, -0.1) is 0 Å². The first-order valence-electron chi connectivity index (χ1n) is 5.54. The molecule has 2 atom stereocenters. The van der Waals surface area contributed by atoms with E-state index in [1.54, 1.807) is 6.92 Å². The average Bonchev–Trinajstić information content (AvgIpc) is 2.45. The van der Waals surface area contributed by atoms with E-state index in [1.807, 2.05) is 0 Å². The summed E-state index contributed by atoms with van der Waals surface area (Å²) >= 11 is 0. The van der Waals surface area contributed by atoms with Crippen LogP contribution in [-0.4, -0.2) is 47.3 Å². The molecule has 0 saturated heterocycles. The maximum absolute atomic E-state index is 11.5. The number of aliphatic hydroxyl groups is 2. The molecule has 0 aromatic carbocycles. The van der Waals surface area contributed by atoms with E-state index in [1.165, 1.54) is 18.2 Å². The van der Waals surface area contributed by atoms with Gasteiger partial charge < -0.3 is 19.7 Å². The number of hydrogen-bond acceptors (Lipinski definition) is 7. The molecule has 0 saturated carbocycles. The number of pyridine rings is 1. The van der Waals surface area contributed by atoms with E-state index in [2.05, 4.69) is 9.72 Å². The van der Waals surface area contributed by atoms with Gasteiger partial charge in [0, 0.05) is 7.11 Å². The van der Waals surface area contributed by atoms with Gasteiger partial charge in [-0.3, -0.25) is 4.79 Å². The van der Waals surface area contributed by atoms with Gasteiger partial charge in [-0.1, -0.05) is 6.07 Å². The highest BCUT2D eigenvalue weighted by Crippen LogP contribution is 2.25. The van der Waals surface area contributed by atoms with Crippen LogP contribution in [0.15, 0.2) is 18.2 Å². The smallest absolute Gasteiger partial charge is 0.341 e. The minimum atomic E-state index is -2.38. The molecule has 2 N–H and O–H groups in total. The van der Waals surface area contributed by atoms with Gasteiger partial charge in [0.2, 0.25) is 11.9 Å². The quantitative estimate of drug-likeness (QED) is 0.411. The third-order valence-corrected chi connectivity index (χ3v) is 2.45. The Kier molecular flexibility index (Phi) is 5.11. The zero-order valence-electron chi connectivity index (χ0n) is 10.6. The number of nitrogens with zero attached hydrogens (tertiary/aromatic N) is 1. The van der Waals surface area contributed by atoms with Crippen LogP contribution in [-0.2, 0) is 20.1 Å². The van der Waals surface area contributed by atoms with E-state index in [-0.39, 0.29) is 18.0 Å². The molecule has 1 aromatic rings. The fraction of sp³-hybridized carbons (Fsp3) is 0.417. The average molecular weight is 269 g/mol. The number of aliphatic hydroxyl groups excluding tert-OH is 1. The Balaban J connectivity index is 3.14. The van der Waals surface area contributed by atoms with Gasteiger partial charge in [-0.2, -0.15) is 0 Å². The molecular formula is C12H15NO6. The SMILES string of the molecule is CCOC(=O)C(O)C(O)(OC)c1cccc(C=O)n1. The number of hydrogen-bond donors (Lipinski definition) is 2. The van der Waals surface area contributed by atoms with Crippen molar-refractivity contribution in [3.63, 3.8) is 0 Å². The first-order valence-corrected chi connectivity index (χ1v) is 5.54. The Morgan fingerprint density at radius 3 is 2.79 bits per heavy atom. The van der Waals surface area contributed by atoms with E-state index in [4.69, 9.17) is 4.74 Å². The minimum Gasteiger partial charge on any atom is -0.464 e. The number of aldehydes is 1. The molecular weight excluding hydrogens is 254 g/mol. The predicted octanol–water partition coefficient (Wildman–Crippen LogP) is -0.390. The predicted molar refractivity (Wildman–Crippen MR) is 63.2 cm³/mol. The molecule has 0 aliphatic rings. The van der Waals surface area contributed by atoms with Gasteiger partial charge in [0.25, 0.3) is 0 Å². The van der Waals surface area contributed by atoms with Crippen molar-refractivity contribution in [3.8, 4) is 0 Å². The van der Waals surface area contributed by atoms with Crippen LogP contribution in [0.4, 0.5) is 0 Å². The van der Waals surface area contributed by atoms with Crippen molar-refractivity contribution in [2.45, 2.75) is 18.8 Å². The molecule has 19 heavy (non-hydrogen) atoms. The fourth-order valence-corrected chi connectivity index (χ4v) is 1.45. The molecule has 0 spiro atoms. The van der Waals surface area contributed by atoms with Gasteiger partial charge in [0.15, 0.2) is 6.29 Å². The van der Waals surface area contributed by atoms with Crippen LogP contribution in [0.25, 0.3) is 0 Å². The summed E-state index contributed by atoms with van der Waals surface area (Å²) in [4.78, 5) is 25.9.